The van der Waals surface area contributed by atoms with Gasteiger partial charge in [0.15, 0.2) is 0 Å². The van der Waals surface area contributed by atoms with Crippen molar-refractivity contribution >= 4 is 17.7 Å². The summed E-state index contributed by atoms with van der Waals surface area (Å²) >= 11 is 0. The molecule has 0 atom stereocenters. The maximum Gasteiger partial charge on any atom is 0.248 e. The fourth-order valence-electron chi connectivity index (χ4n) is 2.81. The van der Waals surface area contributed by atoms with Crippen LogP contribution in [0.15, 0.2) is 91.5 Å². The van der Waals surface area contributed by atoms with E-state index in [4.69, 9.17) is 9.47 Å². The van der Waals surface area contributed by atoms with Crippen LogP contribution in [0.25, 0.3) is 11.9 Å². The van der Waals surface area contributed by atoms with E-state index in [0.29, 0.717) is 23.1 Å². The van der Waals surface area contributed by atoms with Gasteiger partial charge in [0.1, 0.15) is 23.6 Å². The second-order valence-corrected chi connectivity index (χ2v) is 6.53. The first-order chi connectivity index (χ1) is 15.2. The molecule has 2 heterocycles. The summed E-state index contributed by atoms with van der Waals surface area (Å²) in [4.78, 5) is 20.5. The summed E-state index contributed by atoms with van der Waals surface area (Å²) in [6, 6.07) is 20.1. The summed E-state index contributed by atoms with van der Waals surface area (Å²) in [5.74, 6) is 2.29. The van der Waals surface area contributed by atoms with E-state index in [1.165, 1.54) is 12.4 Å². The van der Waals surface area contributed by atoms with E-state index < -0.39 is 0 Å². The fraction of sp³-hybridized carbons (Fsp3) is 0.0417. The van der Waals surface area contributed by atoms with Crippen LogP contribution in [0, 0.1) is 0 Å². The molecular formula is C24H20N4O3. The number of nitrogens with one attached hydrogen (secondary N) is 1. The number of carbonyl (C=O) groups is 1. The topological polar surface area (TPSA) is 78.3 Å². The molecule has 2 aromatic carbocycles. The molecule has 31 heavy (non-hydrogen) atoms. The first-order valence-corrected chi connectivity index (χ1v) is 9.56. The lowest BCUT2D eigenvalue weighted by Gasteiger charge is -2.08. The van der Waals surface area contributed by atoms with Gasteiger partial charge in [-0.3, -0.25) is 4.79 Å². The van der Waals surface area contributed by atoms with E-state index in [-0.39, 0.29) is 5.91 Å². The largest absolute Gasteiger partial charge is 0.497 e. The minimum absolute atomic E-state index is 0.225. The molecule has 7 nitrogen and oxygen atoms in total. The van der Waals surface area contributed by atoms with Crippen LogP contribution in [0.4, 0.5) is 5.69 Å². The molecule has 4 rings (SSSR count). The van der Waals surface area contributed by atoms with Crippen molar-refractivity contribution in [1.82, 2.24) is 14.5 Å². The molecule has 2 aromatic heterocycles. The molecule has 0 radical (unpaired) electrons. The number of ether oxygens (including phenoxy) is 2. The van der Waals surface area contributed by atoms with Crippen molar-refractivity contribution < 1.29 is 14.3 Å². The number of amides is 1. The quantitative estimate of drug-likeness (QED) is 0.445. The van der Waals surface area contributed by atoms with Crippen LogP contribution in [0.1, 0.15) is 5.56 Å². The zero-order valence-electron chi connectivity index (χ0n) is 16.8. The molecule has 0 spiro atoms. The van der Waals surface area contributed by atoms with Crippen molar-refractivity contribution in [1.29, 1.82) is 0 Å². The van der Waals surface area contributed by atoms with Gasteiger partial charge < -0.3 is 19.4 Å². The minimum atomic E-state index is -0.225. The van der Waals surface area contributed by atoms with Crippen molar-refractivity contribution in [3.63, 3.8) is 0 Å². The number of rotatable bonds is 7. The van der Waals surface area contributed by atoms with Crippen LogP contribution in [0.5, 0.6) is 17.4 Å². The molecule has 154 valence electrons. The maximum absolute atomic E-state index is 12.2. The van der Waals surface area contributed by atoms with Gasteiger partial charge in [0, 0.05) is 30.2 Å². The Hall–Kier alpha value is -4.39. The van der Waals surface area contributed by atoms with Crippen molar-refractivity contribution in [2.24, 2.45) is 0 Å². The molecule has 0 aliphatic rings. The number of anilines is 1. The van der Waals surface area contributed by atoms with Crippen LogP contribution in [-0.4, -0.2) is 27.6 Å². The van der Waals surface area contributed by atoms with Gasteiger partial charge in [0.25, 0.3) is 0 Å². The molecule has 0 bridgehead atoms. The highest BCUT2D eigenvalue weighted by atomic mass is 16.5. The zero-order valence-corrected chi connectivity index (χ0v) is 16.8. The Morgan fingerprint density at radius 3 is 2.39 bits per heavy atom. The molecule has 0 saturated carbocycles. The lowest BCUT2D eigenvalue weighted by atomic mass is 10.2. The lowest BCUT2D eigenvalue weighted by molar-refractivity contribution is -0.111. The number of aromatic nitrogens is 3. The first-order valence-electron chi connectivity index (χ1n) is 9.56. The summed E-state index contributed by atoms with van der Waals surface area (Å²) in [6.07, 6.45) is 8.47. The predicted molar refractivity (Wildman–Crippen MR) is 119 cm³/mol. The van der Waals surface area contributed by atoms with E-state index in [0.717, 1.165) is 11.3 Å². The van der Waals surface area contributed by atoms with Crippen LogP contribution >= 0.6 is 0 Å². The zero-order chi connectivity index (χ0) is 21.5. The second kappa shape index (κ2) is 9.41. The smallest absolute Gasteiger partial charge is 0.248 e. The Balaban J connectivity index is 1.35. The Morgan fingerprint density at radius 1 is 0.968 bits per heavy atom. The SMILES string of the molecule is COc1ccc(/C=C/C(=O)Nc2ccc(Oc3cc(-n4cccc4)ncn3)cc2)cc1. The predicted octanol–water partition coefficient (Wildman–Crippen LogP) is 4.72. The Kier molecular flexibility index (Phi) is 6.04. The second-order valence-electron chi connectivity index (χ2n) is 6.53. The van der Waals surface area contributed by atoms with Crippen LogP contribution < -0.4 is 14.8 Å². The van der Waals surface area contributed by atoms with Crippen molar-refractivity contribution in [2.45, 2.75) is 0 Å². The molecule has 1 amide bonds. The third-order valence-corrected chi connectivity index (χ3v) is 4.38. The standard InChI is InChI=1S/C24H20N4O3/c1-30-20-9-4-18(5-10-20)6-13-23(29)27-19-7-11-21(12-8-19)31-24-16-22(25-17-26-24)28-14-2-3-15-28/h2-17H,1H3,(H,27,29)/b13-6+. The highest BCUT2D eigenvalue weighted by Gasteiger charge is 2.04. The Morgan fingerprint density at radius 2 is 1.68 bits per heavy atom. The van der Waals surface area contributed by atoms with Crippen molar-refractivity contribution in [3.05, 3.63) is 97.1 Å². The molecule has 0 saturated heterocycles. The summed E-state index contributed by atoms with van der Waals surface area (Å²) in [6.45, 7) is 0. The average Bonchev–Trinajstić information content (AvgIpc) is 3.35. The molecule has 0 aliphatic heterocycles. The van der Waals surface area contributed by atoms with Gasteiger partial charge in [0.05, 0.1) is 7.11 Å². The third kappa shape index (κ3) is 5.36. The molecule has 0 aliphatic carbocycles. The van der Waals surface area contributed by atoms with E-state index in [2.05, 4.69) is 15.3 Å². The van der Waals surface area contributed by atoms with Gasteiger partial charge >= 0.3 is 0 Å². The first kappa shape index (κ1) is 19.9. The minimum Gasteiger partial charge on any atom is -0.497 e. The van der Waals surface area contributed by atoms with Crippen LogP contribution in [0.2, 0.25) is 0 Å². The van der Waals surface area contributed by atoms with Gasteiger partial charge in [-0.25, -0.2) is 9.97 Å². The van der Waals surface area contributed by atoms with E-state index in [9.17, 15) is 4.79 Å². The van der Waals surface area contributed by atoms with E-state index in [1.807, 2.05) is 53.4 Å². The fourth-order valence-corrected chi connectivity index (χ4v) is 2.81. The van der Waals surface area contributed by atoms with Gasteiger partial charge in [-0.1, -0.05) is 12.1 Å². The Labute approximate surface area is 179 Å². The van der Waals surface area contributed by atoms with Gasteiger partial charge in [0.2, 0.25) is 11.8 Å². The molecular weight excluding hydrogens is 392 g/mol. The van der Waals surface area contributed by atoms with Crippen LogP contribution in [-0.2, 0) is 4.79 Å². The van der Waals surface area contributed by atoms with Gasteiger partial charge in [-0.15, -0.1) is 0 Å². The lowest BCUT2D eigenvalue weighted by Crippen LogP contribution is -2.07. The molecule has 4 aromatic rings. The highest BCUT2D eigenvalue weighted by Crippen LogP contribution is 2.22. The molecule has 7 heteroatoms. The molecule has 0 unspecified atom stereocenters. The monoisotopic (exact) mass is 412 g/mol. The van der Waals surface area contributed by atoms with Gasteiger partial charge in [-0.05, 0) is 60.2 Å². The maximum atomic E-state index is 12.2. The Bertz CT molecular complexity index is 1170. The van der Waals surface area contributed by atoms with E-state index >= 15 is 0 Å². The number of benzene rings is 2. The van der Waals surface area contributed by atoms with Crippen molar-refractivity contribution in [3.8, 4) is 23.2 Å². The summed E-state index contributed by atoms with van der Waals surface area (Å²) in [5, 5.41) is 2.82. The van der Waals surface area contributed by atoms with E-state index in [1.54, 1.807) is 43.5 Å². The van der Waals surface area contributed by atoms with Crippen molar-refractivity contribution in [2.75, 3.05) is 12.4 Å². The summed E-state index contributed by atoms with van der Waals surface area (Å²) < 4.78 is 12.8. The molecule has 0 fully saturated rings. The number of hydrogen-bond acceptors (Lipinski definition) is 5. The average molecular weight is 412 g/mol. The third-order valence-electron chi connectivity index (χ3n) is 4.38. The summed E-state index contributed by atoms with van der Waals surface area (Å²) in [7, 11) is 1.61. The number of methoxy groups -OCH3 is 1. The highest BCUT2D eigenvalue weighted by molar-refractivity contribution is 6.01. The van der Waals surface area contributed by atoms with Crippen LogP contribution in [0.3, 0.4) is 0 Å². The number of nitrogens with zero attached hydrogens (tertiary/aromatic N) is 3. The molecule has 1 N–H and O–H groups in total. The normalized spacial score (nSPS) is 10.7. The number of carbonyl (C=O) groups excluding carboxylic acids is 1. The number of hydrogen-bond donors (Lipinski definition) is 1. The summed E-state index contributed by atoms with van der Waals surface area (Å²) in [5.41, 5.74) is 1.57. The van der Waals surface area contributed by atoms with Gasteiger partial charge in [-0.2, -0.15) is 0 Å².